The Morgan fingerprint density at radius 1 is 1.28 bits per heavy atom. The highest BCUT2D eigenvalue weighted by molar-refractivity contribution is 5.50. The van der Waals surface area contributed by atoms with Crippen LogP contribution in [0, 0.1) is 0 Å². The normalized spacial score (nSPS) is 28.0. The number of anilines is 1. The monoisotopic (exact) mass is 246 g/mol. The number of fused-ring (bicyclic) bond motifs is 1. The van der Waals surface area contributed by atoms with E-state index in [0.29, 0.717) is 12.1 Å². The van der Waals surface area contributed by atoms with E-state index in [4.69, 9.17) is 5.73 Å². The fraction of sp³-hybridized carbons (Fsp3) is 0.714. The molecule has 1 aliphatic heterocycles. The van der Waals surface area contributed by atoms with Crippen LogP contribution < -0.4 is 10.6 Å². The van der Waals surface area contributed by atoms with Gasteiger partial charge in [0, 0.05) is 29.9 Å². The minimum absolute atomic E-state index is 0.355. The molecule has 18 heavy (non-hydrogen) atoms. The number of nitrogens with zero attached hydrogens (tertiary/aromatic N) is 3. The fourth-order valence-electron chi connectivity index (χ4n) is 3.27. The highest BCUT2D eigenvalue weighted by Gasteiger charge is 2.27. The van der Waals surface area contributed by atoms with Gasteiger partial charge in [-0.1, -0.05) is 0 Å². The van der Waals surface area contributed by atoms with Crippen LogP contribution in [-0.4, -0.2) is 28.6 Å². The van der Waals surface area contributed by atoms with Gasteiger partial charge in [-0.2, -0.15) is 0 Å². The van der Waals surface area contributed by atoms with Crippen LogP contribution in [0.25, 0.3) is 0 Å². The van der Waals surface area contributed by atoms with E-state index in [2.05, 4.69) is 21.8 Å². The Morgan fingerprint density at radius 3 is 2.94 bits per heavy atom. The van der Waals surface area contributed by atoms with Crippen LogP contribution in [-0.2, 0) is 12.8 Å². The van der Waals surface area contributed by atoms with E-state index in [-0.39, 0.29) is 0 Å². The van der Waals surface area contributed by atoms with Crippen LogP contribution in [0.15, 0.2) is 6.33 Å². The number of hydrogen-bond donors (Lipinski definition) is 1. The first-order valence-electron chi connectivity index (χ1n) is 7.10. The Hall–Kier alpha value is -1.16. The van der Waals surface area contributed by atoms with E-state index in [0.717, 1.165) is 32.2 Å². The molecule has 2 N–H and O–H groups in total. The zero-order valence-electron chi connectivity index (χ0n) is 11.1. The molecule has 0 aromatic carbocycles. The van der Waals surface area contributed by atoms with Crippen molar-refractivity contribution >= 4 is 5.82 Å². The Labute approximate surface area is 109 Å². The Morgan fingerprint density at radius 2 is 2.11 bits per heavy atom. The van der Waals surface area contributed by atoms with Gasteiger partial charge in [0.1, 0.15) is 12.1 Å². The molecule has 2 aliphatic rings. The van der Waals surface area contributed by atoms with Gasteiger partial charge in [-0.25, -0.2) is 9.97 Å². The second kappa shape index (κ2) is 4.84. The average Bonchev–Trinajstić information content (AvgIpc) is 2.38. The molecule has 0 saturated carbocycles. The summed E-state index contributed by atoms with van der Waals surface area (Å²) in [6.45, 7) is 3.29. The smallest absolute Gasteiger partial charge is 0.135 e. The first-order chi connectivity index (χ1) is 8.75. The number of nitrogens with two attached hydrogens (primary N) is 1. The standard InChI is InChI=1S/C14H22N4/c1-10-8-11(15)6-7-18(10)14-12-4-2-3-5-13(12)16-9-17-14/h9-11H,2-8,15H2,1H3. The van der Waals surface area contributed by atoms with Gasteiger partial charge in [-0.05, 0) is 45.4 Å². The number of piperidine rings is 1. The molecule has 1 fully saturated rings. The van der Waals surface area contributed by atoms with Crippen LogP contribution in [0.4, 0.5) is 5.82 Å². The van der Waals surface area contributed by atoms with E-state index in [1.807, 2.05) is 0 Å². The predicted molar refractivity (Wildman–Crippen MR) is 72.7 cm³/mol. The van der Waals surface area contributed by atoms with Gasteiger partial charge < -0.3 is 10.6 Å². The maximum atomic E-state index is 6.04. The molecule has 0 bridgehead atoms. The van der Waals surface area contributed by atoms with Gasteiger partial charge in [0.25, 0.3) is 0 Å². The van der Waals surface area contributed by atoms with Crippen molar-refractivity contribution in [1.82, 2.24) is 9.97 Å². The van der Waals surface area contributed by atoms with Crippen molar-refractivity contribution in [1.29, 1.82) is 0 Å². The zero-order chi connectivity index (χ0) is 12.5. The van der Waals surface area contributed by atoms with E-state index < -0.39 is 0 Å². The van der Waals surface area contributed by atoms with Gasteiger partial charge >= 0.3 is 0 Å². The number of aromatic nitrogens is 2. The number of hydrogen-bond acceptors (Lipinski definition) is 4. The molecule has 1 saturated heterocycles. The van der Waals surface area contributed by atoms with E-state index in [9.17, 15) is 0 Å². The van der Waals surface area contributed by atoms with Crippen molar-refractivity contribution in [2.45, 2.75) is 57.5 Å². The summed E-state index contributed by atoms with van der Waals surface area (Å²) in [5.74, 6) is 1.18. The molecule has 98 valence electrons. The lowest BCUT2D eigenvalue weighted by Gasteiger charge is -2.38. The lowest BCUT2D eigenvalue weighted by Crippen LogP contribution is -2.46. The highest BCUT2D eigenvalue weighted by Crippen LogP contribution is 2.30. The summed E-state index contributed by atoms with van der Waals surface area (Å²) in [4.78, 5) is 11.5. The fourth-order valence-corrected chi connectivity index (χ4v) is 3.27. The molecule has 1 aromatic heterocycles. The summed E-state index contributed by atoms with van der Waals surface area (Å²) in [7, 11) is 0. The molecule has 2 atom stereocenters. The Kier molecular flexibility index (Phi) is 3.20. The molecule has 0 spiro atoms. The molecule has 2 heterocycles. The molecule has 0 radical (unpaired) electrons. The third-order valence-corrected chi connectivity index (χ3v) is 4.29. The lowest BCUT2D eigenvalue weighted by molar-refractivity contribution is 0.425. The third kappa shape index (κ3) is 2.09. The molecular formula is C14H22N4. The van der Waals surface area contributed by atoms with Crippen LogP contribution >= 0.6 is 0 Å². The lowest BCUT2D eigenvalue weighted by atomic mass is 9.94. The van der Waals surface area contributed by atoms with E-state index >= 15 is 0 Å². The van der Waals surface area contributed by atoms with Crippen molar-refractivity contribution in [2.75, 3.05) is 11.4 Å². The summed E-state index contributed by atoms with van der Waals surface area (Å²) in [6, 6.07) is 0.851. The highest BCUT2D eigenvalue weighted by atomic mass is 15.2. The van der Waals surface area contributed by atoms with Crippen LogP contribution in [0.1, 0.15) is 43.9 Å². The zero-order valence-corrected chi connectivity index (χ0v) is 11.1. The van der Waals surface area contributed by atoms with Gasteiger partial charge in [0.05, 0.1) is 0 Å². The Balaban J connectivity index is 1.92. The molecule has 4 heteroatoms. The van der Waals surface area contributed by atoms with Crippen molar-refractivity contribution in [2.24, 2.45) is 5.73 Å². The van der Waals surface area contributed by atoms with Crippen LogP contribution in [0.3, 0.4) is 0 Å². The molecule has 4 nitrogen and oxygen atoms in total. The summed E-state index contributed by atoms with van der Waals surface area (Å²) >= 11 is 0. The molecule has 1 aromatic rings. The van der Waals surface area contributed by atoms with Gasteiger partial charge in [0.15, 0.2) is 0 Å². The SMILES string of the molecule is CC1CC(N)CCN1c1ncnc2c1CCCC2. The summed E-state index contributed by atoms with van der Waals surface area (Å²) in [6.07, 6.45) is 8.68. The second-order valence-electron chi connectivity index (χ2n) is 5.66. The molecule has 1 aliphatic carbocycles. The van der Waals surface area contributed by atoms with Crippen LogP contribution in [0.5, 0.6) is 0 Å². The van der Waals surface area contributed by atoms with Crippen molar-refractivity contribution in [3.8, 4) is 0 Å². The summed E-state index contributed by atoms with van der Waals surface area (Å²) in [5, 5.41) is 0. The molecular weight excluding hydrogens is 224 g/mol. The maximum absolute atomic E-state index is 6.04. The van der Waals surface area contributed by atoms with Gasteiger partial charge in [-0.3, -0.25) is 0 Å². The molecule has 2 unspecified atom stereocenters. The molecule has 3 rings (SSSR count). The topological polar surface area (TPSA) is 55.0 Å². The number of rotatable bonds is 1. The molecule has 0 amide bonds. The largest absolute Gasteiger partial charge is 0.353 e. The minimum atomic E-state index is 0.355. The first-order valence-corrected chi connectivity index (χ1v) is 7.10. The van der Waals surface area contributed by atoms with E-state index in [1.54, 1.807) is 6.33 Å². The third-order valence-electron chi connectivity index (χ3n) is 4.29. The minimum Gasteiger partial charge on any atom is -0.353 e. The maximum Gasteiger partial charge on any atom is 0.135 e. The van der Waals surface area contributed by atoms with Crippen LogP contribution in [0.2, 0.25) is 0 Å². The van der Waals surface area contributed by atoms with Gasteiger partial charge in [0.2, 0.25) is 0 Å². The summed E-state index contributed by atoms with van der Waals surface area (Å²) in [5.41, 5.74) is 8.71. The first kappa shape index (κ1) is 11.9. The van der Waals surface area contributed by atoms with E-state index in [1.165, 1.54) is 29.9 Å². The number of aryl methyl sites for hydroxylation is 1. The Bertz CT molecular complexity index is 432. The van der Waals surface area contributed by atoms with Crippen molar-refractivity contribution in [3.63, 3.8) is 0 Å². The predicted octanol–water partition coefficient (Wildman–Crippen LogP) is 1.67. The van der Waals surface area contributed by atoms with Gasteiger partial charge in [-0.15, -0.1) is 0 Å². The van der Waals surface area contributed by atoms with Crippen molar-refractivity contribution < 1.29 is 0 Å². The second-order valence-corrected chi connectivity index (χ2v) is 5.66. The average molecular weight is 246 g/mol. The summed E-state index contributed by atoms with van der Waals surface area (Å²) < 4.78 is 0. The van der Waals surface area contributed by atoms with Crippen molar-refractivity contribution in [3.05, 3.63) is 17.6 Å². The quantitative estimate of drug-likeness (QED) is 0.819.